The summed E-state index contributed by atoms with van der Waals surface area (Å²) in [5, 5.41) is 32.8. The Morgan fingerprint density at radius 1 is 1.12 bits per heavy atom. The van der Waals surface area contributed by atoms with Crippen molar-refractivity contribution >= 4 is 23.3 Å². The van der Waals surface area contributed by atoms with E-state index in [0.717, 1.165) is 6.08 Å². The second-order valence-corrected chi connectivity index (χ2v) is 8.16. The van der Waals surface area contributed by atoms with Gasteiger partial charge in [-0.25, -0.2) is 0 Å². The molecule has 0 amide bonds. The third kappa shape index (κ3) is 3.43. The highest BCUT2D eigenvalue weighted by Crippen LogP contribution is 2.57. The number of aliphatic carboxylic acids is 1. The highest BCUT2D eigenvalue weighted by atomic mass is 16.5. The molecule has 1 aliphatic heterocycles. The van der Waals surface area contributed by atoms with Gasteiger partial charge in [-0.15, -0.1) is 0 Å². The van der Waals surface area contributed by atoms with Crippen LogP contribution in [0.3, 0.4) is 0 Å². The van der Waals surface area contributed by atoms with Crippen LogP contribution in [0.25, 0.3) is 0 Å². The molecule has 2 aliphatic rings. The van der Waals surface area contributed by atoms with E-state index < -0.39 is 34.5 Å². The van der Waals surface area contributed by atoms with Crippen molar-refractivity contribution in [3.05, 3.63) is 39.8 Å². The molecule has 0 aromatic heterocycles. The molecule has 0 saturated heterocycles. The second-order valence-electron chi connectivity index (χ2n) is 8.16. The standard InChI is InChI=1S/C23H25NO8/c1-10-19(29)17(12(3)25)21-18(20(10)30)23(4)14(32-21)9-13(26)16(22(23)31)11(2)24-8-6-5-7-15(27)28/h9,24,29-30H,5-8H2,1-4H3,(H,27,28)/b16-11+/t23-/m0/s1. The van der Waals surface area contributed by atoms with Gasteiger partial charge in [-0.2, -0.15) is 0 Å². The molecule has 1 heterocycles. The summed E-state index contributed by atoms with van der Waals surface area (Å²) in [6.07, 6.45) is 2.16. The number of unbranched alkanes of at least 4 members (excludes halogenated alkanes) is 1. The first kappa shape index (κ1) is 23.1. The van der Waals surface area contributed by atoms with E-state index in [-0.39, 0.29) is 45.9 Å². The van der Waals surface area contributed by atoms with Gasteiger partial charge < -0.3 is 25.4 Å². The number of ether oxygens (including phenoxy) is 1. The molecule has 170 valence electrons. The first-order chi connectivity index (χ1) is 14.9. The number of phenolic OH excluding ortho intramolecular Hbond substituents is 2. The summed E-state index contributed by atoms with van der Waals surface area (Å²) in [6, 6.07) is 0. The number of nitrogens with one attached hydrogen (secondary N) is 1. The highest BCUT2D eigenvalue weighted by Gasteiger charge is 2.56. The predicted molar refractivity (Wildman–Crippen MR) is 113 cm³/mol. The average Bonchev–Trinajstić information content (AvgIpc) is 2.99. The van der Waals surface area contributed by atoms with Crippen LogP contribution in [0.1, 0.15) is 61.5 Å². The first-order valence-corrected chi connectivity index (χ1v) is 10.2. The largest absolute Gasteiger partial charge is 0.507 e. The van der Waals surface area contributed by atoms with E-state index in [1.807, 2.05) is 0 Å². The Morgan fingerprint density at radius 2 is 1.78 bits per heavy atom. The molecular formula is C23H25NO8. The van der Waals surface area contributed by atoms with Crippen LogP contribution in [-0.4, -0.2) is 45.2 Å². The molecule has 0 spiro atoms. The lowest BCUT2D eigenvalue weighted by molar-refractivity contribution is -0.137. The fourth-order valence-corrected chi connectivity index (χ4v) is 4.13. The number of allylic oxidation sites excluding steroid dienone is 4. The van der Waals surface area contributed by atoms with Crippen LogP contribution in [0.4, 0.5) is 0 Å². The van der Waals surface area contributed by atoms with Crippen molar-refractivity contribution in [1.29, 1.82) is 0 Å². The van der Waals surface area contributed by atoms with E-state index in [2.05, 4.69) is 5.32 Å². The zero-order valence-electron chi connectivity index (χ0n) is 18.3. The summed E-state index contributed by atoms with van der Waals surface area (Å²) >= 11 is 0. The van der Waals surface area contributed by atoms with Crippen LogP contribution < -0.4 is 10.1 Å². The van der Waals surface area contributed by atoms with Crippen molar-refractivity contribution in [2.24, 2.45) is 0 Å². The Hall–Kier alpha value is -3.62. The smallest absolute Gasteiger partial charge is 0.303 e. The Morgan fingerprint density at radius 3 is 2.38 bits per heavy atom. The molecule has 9 nitrogen and oxygen atoms in total. The fourth-order valence-electron chi connectivity index (χ4n) is 4.13. The van der Waals surface area contributed by atoms with Crippen LogP contribution in [0, 0.1) is 6.92 Å². The number of rotatable bonds is 7. The van der Waals surface area contributed by atoms with Crippen LogP contribution in [0.5, 0.6) is 17.2 Å². The van der Waals surface area contributed by atoms with Gasteiger partial charge in [-0.05, 0) is 40.5 Å². The Bertz CT molecular complexity index is 1130. The van der Waals surface area contributed by atoms with Crippen molar-refractivity contribution in [1.82, 2.24) is 5.32 Å². The lowest BCUT2D eigenvalue weighted by Gasteiger charge is -2.29. The summed E-state index contributed by atoms with van der Waals surface area (Å²) < 4.78 is 5.71. The molecule has 1 atom stereocenters. The molecule has 1 aliphatic carbocycles. The van der Waals surface area contributed by atoms with Gasteiger partial charge in [0.15, 0.2) is 17.3 Å². The number of benzene rings is 1. The number of fused-ring (bicyclic) bond motifs is 3. The quantitative estimate of drug-likeness (QED) is 0.216. The highest BCUT2D eigenvalue weighted by molar-refractivity contribution is 6.31. The minimum absolute atomic E-state index is 0.0247. The van der Waals surface area contributed by atoms with Crippen LogP contribution >= 0.6 is 0 Å². The maximum Gasteiger partial charge on any atom is 0.303 e. The number of ketones is 3. The molecule has 0 unspecified atom stereocenters. The molecule has 32 heavy (non-hydrogen) atoms. The number of Topliss-reactive ketones (excluding diaryl/α,β-unsaturated/α-hetero) is 2. The molecule has 0 bridgehead atoms. The van der Waals surface area contributed by atoms with E-state index >= 15 is 0 Å². The molecule has 9 heteroatoms. The van der Waals surface area contributed by atoms with Gasteiger partial charge in [0.2, 0.25) is 0 Å². The molecule has 1 aromatic rings. The number of carboxylic acid groups (broad SMARTS) is 1. The first-order valence-electron chi connectivity index (χ1n) is 10.2. The zero-order chi connectivity index (χ0) is 24.0. The van der Waals surface area contributed by atoms with E-state index in [9.17, 15) is 29.4 Å². The van der Waals surface area contributed by atoms with Gasteiger partial charge in [0, 0.05) is 30.3 Å². The number of hydrogen-bond donors (Lipinski definition) is 4. The number of aromatic hydroxyl groups is 2. The van der Waals surface area contributed by atoms with Gasteiger partial charge in [0.1, 0.15) is 34.0 Å². The monoisotopic (exact) mass is 443 g/mol. The summed E-state index contributed by atoms with van der Waals surface area (Å²) in [5.74, 6) is -3.58. The molecular weight excluding hydrogens is 418 g/mol. The number of hydrogen-bond acceptors (Lipinski definition) is 8. The lowest BCUT2D eigenvalue weighted by atomic mass is 9.70. The van der Waals surface area contributed by atoms with Crippen LogP contribution in [0.15, 0.2) is 23.1 Å². The van der Waals surface area contributed by atoms with Crippen molar-refractivity contribution in [3.63, 3.8) is 0 Å². The van der Waals surface area contributed by atoms with Crippen molar-refractivity contribution in [3.8, 4) is 17.2 Å². The maximum atomic E-state index is 13.6. The molecule has 0 saturated carbocycles. The summed E-state index contributed by atoms with van der Waals surface area (Å²) in [7, 11) is 0. The van der Waals surface area contributed by atoms with Gasteiger partial charge in [0.05, 0.1) is 11.1 Å². The molecule has 4 N–H and O–H groups in total. The molecule has 1 aromatic carbocycles. The minimum atomic E-state index is -1.56. The number of carbonyl (C=O) groups excluding carboxylic acids is 3. The third-order valence-electron chi connectivity index (χ3n) is 5.97. The van der Waals surface area contributed by atoms with Crippen LogP contribution in [-0.2, 0) is 19.8 Å². The average molecular weight is 443 g/mol. The van der Waals surface area contributed by atoms with E-state index in [4.69, 9.17) is 9.84 Å². The normalized spacial score (nSPS) is 20.8. The van der Waals surface area contributed by atoms with E-state index in [0.29, 0.717) is 25.1 Å². The van der Waals surface area contributed by atoms with Crippen molar-refractivity contribution in [2.75, 3.05) is 6.54 Å². The number of carboxylic acids is 1. The van der Waals surface area contributed by atoms with E-state index in [1.165, 1.54) is 20.8 Å². The number of carbonyl (C=O) groups is 4. The van der Waals surface area contributed by atoms with Gasteiger partial charge in [-0.1, -0.05) is 0 Å². The topological polar surface area (TPSA) is 150 Å². The van der Waals surface area contributed by atoms with Gasteiger partial charge in [-0.3, -0.25) is 19.2 Å². The fraction of sp³-hybridized carbons (Fsp3) is 0.391. The summed E-state index contributed by atoms with van der Waals surface area (Å²) in [5.41, 5.74) is -1.44. The van der Waals surface area contributed by atoms with Crippen LogP contribution in [0.2, 0.25) is 0 Å². The predicted octanol–water partition coefficient (Wildman–Crippen LogP) is 2.41. The molecule has 0 fully saturated rings. The van der Waals surface area contributed by atoms with E-state index in [1.54, 1.807) is 6.92 Å². The number of phenols is 2. The van der Waals surface area contributed by atoms with Gasteiger partial charge in [0.25, 0.3) is 0 Å². The van der Waals surface area contributed by atoms with Crippen molar-refractivity contribution in [2.45, 2.75) is 52.4 Å². The third-order valence-corrected chi connectivity index (χ3v) is 5.97. The molecule has 0 radical (unpaired) electrons. The second kappa shape index (κ2) is 8.14. The Labute approximate surface area is 184 Å². The maximum absolute atomic E-state index is 13.6. The summed E-state index contributed by atoms with van der Waals surface area (Å²) in [4.78, 5) is 49.1. The van der Waals surface area contributed by atoms with Crippen molar-refractivity contribution < 1.29 is 39.2 Å². The zero-order valence-corrected chi connectivity index (χ0v) is 18.3. The summed E-state index contributed by atoms with van der Waals surface area (Å²) in [6.45, 7) is 6.09. The Kier molecular flexibility index (Phi) is 5.86. The van der Waals surface area contributed by atoms with Gasteiger partial charge >= 0.3 is 5.97 Å². The Balaban J connectivity index is 2.05. The lowest BCUT2D eigenvalue weighted by Crippen LogP contribution is -2.41. The molecule has 3 rings (SSSR count). The SMILES string of the molecule is CC(=O)c1c(O)c(C)c(O)c2c1OC1=CC(=O)/C(=C(/C)NCCCCC(=O)O)C(=O)[C@@]12C. The minimum Gasteiger partial charge on any atom is -0.507 e.